The van der Waals surface area contributed by atoms with E-state index >= 15 is 0 Å². The van der Waals surface area contributed by atoms with Crippen LogP contribution in [0.1, 0.15) is 36.6 Å². The van der Waals surface area contributed by atoms with Crippen LogP contribution in [0.25, 0.3) is 11.4 Å². The van der Waals surface area contributed by atoms with Crippen molar-refractivity contribution in [3.8, 4) is 11.4 Å². The first kappa shape index (κ1) is 21.8. The van der Waals surface area contributed by atoms with E-state index in [4.69, 9.17) is 9.97 Å². The average Bonchev–Trinajstić information content (AvgIpc) is 2.80. The van der Waals surface area contributed by atoms with Gasteiger partial charge in [-0.1, -0.05) is 62.4 Å². The Hall–Kier alpha value is -3.41. The highest BCUT2D eigenvalue weighted by molar-refractivity contribution is 5.90. The molecule has 6 nitrogen and oxygen atoms in total. The van der Waals surface area contributed by atoms with Gasteiger partial charge in [-0.15, -0.1) is 0 Å². The van der Waals surface area contributed by atoms with Gasteiger partial charge in [0.1, 0.15) is 5.82 Å². The number of urea groups is 1. The summed E-state index contributed by atoms with van der Waals surface area (Å²) in [6.07, 6.45) is 0. The zero-order chi connectivity index (χ0) is 22.7. The van der Waals surface area contributed by atoms with E-state index in [0.29, 0.717) is 19.0 Å². The molecule has 1 aromatic heterocycles. The molecule has 0 saturated carbocycles. The molecule has 0 spiro atoms. The lowest BCUT2D eigenvalue weighted by Gasteiger charge is -2.37. The molecule has 2 heterocycles. The Kier molecular flexibility index (Phi) is 6.40. The van der Waals surface area contributed by atoms with Gasteiger partial charge in [-0.2, -0.15) is 0 Å². The number of nitrogens with zero attached hydrogens (tertiary/aromatic N) is 4. The molecule has 3 aromatic rings. The Balaban J connectivity index is 1.53. The molecule has 0 atom stereocenters. The molecular weight excluding hydrogens is 398 g/mol. The minimum Gasteiger partial charge on any atom is -0.353 e. The van der Waals surface area contributed by atoms with E-state index in [0.717, 1.165) is 47.2 Å². The Bertz CT molecular complexity index is 1090. The minimum absolute atomic E-state index is 0.0492. The smallest absolute Gasteiger partial charge is 0.321 e. The monoisotopic (exact) mass is 429 g/mol. The van der Waals surface area contributed by atoms with Crippen LogP contribution < -0.4 is 10.2 Å². The van der Waals surface area contributed by atoms with Gasteiger partial charge in [-0.25, -0.2) is 14.8 Å². The molecule has 0 unspecified atom stereocenters. The molecule has 0 bridgehead atoms. The quantitative estimate of drug-likeness (QED) is 0.616. The van der Waals surface area contributed by atoms with Crippen LogP contribution in [0.3, 0.4) is 0 Å². The number of rotatable bonds is 4. The van der Waals surface area contributed by atoms with E-state index in [9.17, 15) is 4.79 Å². The zero-order valence-electron chi connectivity index (χ0n) is 19.3. The molecule has 32 heavy (non-hydrogen) atoms. The summed E-state index contributed by atoms with van der Waals surface area (Å²) in [5.41, 5.74) is 5.14. The number of hydrogen-bond acceptors (Lipinski definition) is 4. The number of carbonyl (C=O) groups excluding carboxylic acids is 1. The Morgan fingerprint density at radius 1 is 0.906 bits per heavy atom. The van der Waals surface area contributed by atoms with Crippen molar-refractivity contribution in [2.45, 2.75) is 33.6 Å². The van der Waals surface area contributed by atoms with Gasteiger partial charge in [-0.05, 0) is 31.4 Å². The van der Waals surface area contributed by atoms with Crippen LogP contribution in [0.4, 0.5) is 16.3 Å². The second-order valence-corrected chi connectivity index (χ2v) is 8.61. The average molecular weight is 430 g/mol. The van der Waals surface area contributed by atoms with Crippen molar-refractivity contribution in [2.24, 2.45) is 0 Å². The van der Waals surface area contributed by atoms with Crippen LogP contribution in [-0.4, -0.2) is 47.1 Å². The number of carbonyl (C=O) groups is 1. The first-order chi connectivity index (χ1) is 15.4. The molecule has 1 N–H and O–H groups in total. The molecule has 2 aromatic carbocycles. The van der Waals surface area contributed by atoms with E-state index < -0.39 is 0 Å². The number of aromatic nitrogens is 2. The van der Waals surface area contributed by atoms with Gasteiger partial charge in [0.2, 0.25) is 0 Å². The van der Waals surface area contributed by atoms with Crippen molar-refractivity contribution in [2.75, 3.05) is 36.4 Å². The molecule has 1 aliphatic heterocycles. The fourth-order valence-corrected chi connectivity index (χ4v) is 4.23. The topological polar surface area (TPSA) is 61.4 Å². The Morgan fingerprint density at radius 3 is 2.22 bits per heavy atom. The van der Waals surface area contributed by atoms with Crippen molar-refractivity contribution < 1.29 is 4.79 Å². The largest absolute Gasteiger partial charge is 0.353 e. The normalized spacial score (nSPS) is 14.0. The fourth-order valence-electron chi connectivity index (χ4n) is 4.23. The van der Waals surface area contributed by atoms with E-state index in [-0.39, 0.29) is 6.03 Å². The Labute approximate surface area is 190 Å². The second kappa shape index (κ2) is 9.39. The third kappa shape index (κ3) is 4.59. The van der Waals surface area contributed by atoms with E-state index in [1.54, 1.807) is 0 Å². The molecule has 2 amide bonds. The number of aryl methyl sites for hydroxylation is 2. The van der Waals surface area contributed by atoms with E-state index in [1.807, 2.05) is 66.4 Å². The molecule has 1 fully saturated rings. The number of para-hydroxylation sites is 1. The van der Waals surface area contributed by atoms with E-state index in [2.05, 4.69) is 31.0 Å². The SMILES string of the molecule is Cc1ccccc1NC(=O)N1CCN(c2nc(-c3ccccc3)nc(C)c2C(C)C)CC1. The van der Waals surface area contributed by atoms with Gasteiger partial charge in [-0.3, -0.25) is 0 Å². The predicted molar refractivity (Wildman–Crippen MR) is 130 cm³/mol. The number of hydrogen-bond donors (Lipinski definition) is 1. The Morgan fingerprint density at radius 2 is 1.56 bits per heavy atom. The summed E-state index contributed by atoms with van der Waals surface area (Å²) in [6.45, 7) is 11.2. The first-order valence-corrected chi connectivity index (χ1v) is 11.2. The number of amides is 2. The summed E-state index contributed by atoms with van der Waals surface area (Å²) in [5.74, 6) is 2.06. The van der Waals surface area contributed by atoms with Gasteiger partial charge in [0.05, 0.1) is 0 Å². The number of nitrogens with one attached hydrogen (secondary N) is 1. The molecule has 6 heteroatoms. The maximum Gasteiger partial charge on any atom is 0.321 e. The lowest BCUT2D eigenvalue weighted by molar-refractivity contribution is 0.208. The van der Waals surface area contributed by atoms with Crippen LogP contribution in [0.2, 0.25) is 0 Å². The van der Waals surface area contributed by atoms with Crippen LogP contribution in [0.15, 0.2) is 54.6 Å². The molecule has 0 aliphatic carbocycles. The number of benzene rings is 2. The van der Waals surface area contributed by atoms with Gasteiger partial charge in [0, 0.05) is 48.7 Å². The predicted octanol–water partition coefficient (Wildman–Crippen LogP) is 5.24. The number of piperazine rings is 1. The molecule has 166 valence electrons. The minimum atomic E-state index is -0.0492. The second-order valence-electron chi connectivity index (χ2n) is 8.61. The summed E-state index contributed by atoms with van der Waals surface area (Å²) in [4.78, 5) is 26.8. The van der Waals surface area contributed by atoms with Gasteiger partial charge < -0.3 is 15.1 Å². The third-order valence-electron chi connectivity index (χ3n) is 5.98. The van der Waals surface area contributed by atoms with Gasteiger partial charge >= 0.3 is 6.03 Å². The maximum absolute atomic E-state index is 12.8. The van der Waals surface area contributed by atoms with Crippen molar-refractivity contribution in [1.82, 2.24) is 14.9 Å². The van der Waals surface area contributed by atoms with Crippen molar-refractivity contribution >= 4 is 17.5 Å². The van der Waals surface area contributed by atoms with Crippen LogP contribution in [-0.2, 0) is 0 Å². The highest BCUT2D eigenvalue weighted by atomic mass is 16.2. The third-order valence-corrected chi connectivity index (χ3v) is 5.98. The summed E-state index contributed by atoms with van der Waals surface area (Å²) < 4.78 is 0. The first-order valence-electron chi connectivity index (χ1n) is 11.2. The highest BCUT2D eigenvalue weighted by Crippen LogP contribution is 2.31. The fraction of sp³-hybridized carbons (Fsp3) is 0.346. The van der Waals surface area contributed by atoms with E-state index in [1.165, 1.54) is 5.56 Å². The summed E-state index contributed by atoms with van der Waals surface area (Å²) in [7, 11) is 0. The van der Waals surface area contributed by atoms with Crippen LogP contribution in [0.5, 0.6) is 0 Å². The molecule has 1 saturated heterocycles. The highest BCUT2D eigenvalue weighted by Gasteiger charge is 2.26. The molecule has 0 radical (unpaired) electrons. The standard InChI is InChI=1S/C26H31N5O/c1-18(2)23-20(4)27-24(21-11-6-5-7-12-21)29-25(23)30-14-16-31(17-15-30)26(32)28-22-13-9-8-10-19(22)3/h5-13,18H,14-17H2,1-4H3,(H,28,32). The van der Waals surface area contributed by atoms with Crippen LogP contribution in [0, 0.1) is 13.8 Å². The summed E-state index contributed by atoms with van der Waals surface area (Å²) in [5, 5.41) is 3.05. The lowest BCUT2D eigenvalue weighted by atomic mass is 10.0. The zero-order valence-corrected chi connectivity index (χ0v) is 19.3. The lowest BCUT2D eigenvalue weighted by Crippen LogP contribution is -2.50. The molecule has 4 rings (SSSR count). The van der Waals surface area contributed by atoms with Crippen LogP contribution >= 0.6 is 0 Å². The number of anilines is 2. The summed E-state index contributed by atoms with van der Waals surface area (Å²) in [6, 6.07) is 17.9. The van der Waals surface area contributed by atoms with Crippen molar-refractivity contribution in [3.63, 3.8) is 0 Å². The van der Waals surface area contributed by atoms with Gasteiger partial charge in [0.25, 0.3) is 0 Å². The maximum atomic E-state index is 12.8. The molecular formula is C26H31N5O. The molecule has 1 aliphatic rings. The van der Waals surface area contributed by atoms with Crippen molar-refractivity contribution in [1.29, 1.82) is 0 Å². The summed E-state index contributed by atoms with van der Waals surface area (Å²) >= 11 is 0. The van der Waals surface area contributed by atoms with Gasteiger partial charge in [0.15, 0.2) is 5.82 Å². The van der Waals surface area contributed by atoms with Crippen molar-refractivity contribution in [3.05, 3.63) is 71.4 Å².